The molecule has 29 heavy (non-hydrogen) atoms. The second-order valence-electron chi connectivity index (χ2n) is 9.86. The lowest BCUT2D eigenvalue weighted by molar-refractivity contribution is -0.130. The van der Waals surface area contributed by atoms with Gasteiger partial charge in [-0.25, -0.2) is 0 Å². The fourth-order valence-electron chi connectivity index (χ4n) is 6.96. The van der Waals surface area contributed by atoms with E-state index in [1.54, 1.807) is 17.9 Å². The van der Waals surface area contributed by atoms with E-state index < -0.39 is 0 Å². The van der Waals surface area contributed by atoms with Gasteiger partial charge in [-0.15, -0.1) is 0 Å². The zero-order valence-corrected chi connectivity index (χ0v) is 17.0. The number of nitrogens with one attached hydrogen (secondary N) is 2. The van der Waals surface area contributed by atoms with Gasteiger partial charge in [0, 0.05) is 31.1 Å². The van der Waals surface area contributed by atoms with Gasteiger partial charge in [0.1, 0.15) is 0 Å². The predicted molar refractivity (Wildman–Crippen MR) is 109 cm³/mol. The second-order valence-corrected chi connectivity index (χ2v) is 9.86. The number of hydrogen-bond donors (Lipinski definition) is 2. The molecule has 0 spiro atoms. The lowest BCUT2D eigenvalue weighted by atomic mass is 9.49. The summed E-state index contributed by atoms with van der Waals surface area (Å²) in [7, 11) is 0. The third-order valence-corrected chi connectivity index (χ3v) is 7.63. The topological polar surface area (TPSA) is 78.5 Å². The normalized spacial score (nSPS) is 31.5. The lowest BCUT2D eigenvalue weighted by Gasteiger charge is -2.56. The predicted octanol–water partition coefficient (Wildman–Crippen LogP) is 2.96. The van der Waals surface area contributed by atoms with Crippen molar-refractivity contribution >= 4 is 23.4 Å². The molecule has 0 unspecified atom stereocenters. The van der Waals surface area contributed by atoms with Crippen LogP contribution in [0.1, 0.15) is 67.8 Å². The molecular formula is C23H29N3O3. The molecule has 6 heteroatoms. The van der Waals surface area contributed by atoms with E-state index >= 15 is 0 Å². The number of amides is 3. The van der Waals surface area contributed by atoms with Crippen LogP contribution < -0.4 is 15.8 Å². The molecule has 0 saturated heterocycles. The molecule has 3 amide bonds. The van der Waals surface area contributed by atoms with Crippen LogP contribution in [0.25, 0.3) is 0 Å². The molecule has 154 valence electrons. The maximum Gasteiger partial charge on any atom is 0.269 e. The van der Waals surface area contributed by atoms with Crippen LogP contribution in [0.5, 0.6) is 0 Å². The lowest BCUT2D eigenvalue weighted by Crippen LogP contribution is -2.50. The molecule has 0 atom stereocenters. The molecule has 5 aliphatic rings. The first-order chi connectivity index (χ1) is 13.9. The Balaban J connectivity index is 1.18. The Kier molecular flexibility index (Phi) is 4.41. The van der Waals surface area contributed by atoms with Gasteiger partial charge in [-0.3, -0.25) is 25.2 Å². The number of anilines is 1. The first kappa shape index (κ1) is 18.6. The third-order valence-electron chi connectivity index (χ3n) is 7.63. The van der Waals surface area contributed by atoms with E-state index in [0.29, 0.717) is 18.5 Å². The van der Waals surface area contributed by atoms with Crippen LogP contribution in [-0.2, 0) is 16.0 Å². The molecule has 2 N–H and O–H groups in total. The molecule has 6 nitrogen and oxygen atoms in total. The Morgan fingerprint density at radius 1 is 1.03 bits per heavy atom. The summed E-state index contributed by atoms with van der Waals surface area (Å²) >= 11 is 0. The van der Waals surface area contributed by atoms with Gasteiger partial charge >= 0.3 is 0 Å². The quantitative estimate of drug-likeness (QED) is 0.773. The smallest absolute Gasteiger partial charge is 0.269 e. The van der Waals surface area contributed by atoms with Crippen LogP contribution in [0.4, 0.5) is 5.69 Å². The zero-order valence-electron chi connectivity index (χ0n) is 17.0. The summed E-state index contributed by atoms with van der Waals surface area (Å²) in [6.45, 7) is 2.20. The number of hydrogen-bond acceptors (Lipinski definition) is 3. The Morgan fingerprint density at radius 2 is 1.69 bits per heavy atom. The van der Waals surface area contributed by atoms with Crippen molar-refractivity contribution in [3.8, 4) is 0 Å². The average Bonchev–Trinajstić information content (AvgIpc) is 3.08. The summed E-state index contributed by atoms with van der Waals surface area (Å²) in [6.07, 6.45) is 8.88. The van der Waals surface area contributed by atoms with E-state index in [1.807, 2.05) is 12.1 Å². The van der Waals surface area contributed by atoms with Crippen molar-refractivity contribution in [2.75, 3.05) is 11.4 Å². The van der Waals surface area contributed by atoms with Crippen molar-refractivity contribution in [1.29, 1.82) is 0 Å². The van der Waals surface area contributed by atoms with E-state index in [9.17, 15) is 14.4 Å². The molecule has 4 aliphatic carbocycles. The molecule has 0 radical (unpaired) electrons. The van der Waals surface area contributed by atoms with Gasteiger partial charge < -0.3 is 4.90 Å². The van der Waals surface area contributed by atoms with Gasteiger partial charge in [0.05, 0.1) is 0 Å². The number of carbonyl (C=O) groups is 3. The van der Waals surface area contributed by atoms with E-state index in [1.165, 1.54) is 38.5 Å². The minimum Gasteiger partial charge on any atom is -0.312 e. The SMILES string of the molecule is CC(=O)N1CCc2cc(C(=O)NNC(=O)CC34CC5CC(CC(C5)C3)C4)ccc21. The largest absolute Gasteiger partial charge is 0.312 e. The third kappa shape index (κ3) is 3.43. The first-order valence-electron chi connectivity index (χ1n) is 10.9. The fourth-order valence-corrected chi connectivity index (χ4v) is 6.96. The summed E-state index contributed by atoms with van der Waals surface area (Å²) in [6, 6.07) is 5.34. The summed E-state index contributed by atoms with van der Waals surface area (Å²) < 4.78 is 0. The van der Waals surface area contributed by atoms with Crippen molar-refractivity contribution in [2.45, 2.75) is 58.3 Å². The Morgan fingerprint density at radius 3 is 2.31 bits per heavy atom. The Hall–Kier alpha value is -2.37. The van der Waals surface area contributed by atoms with Crippen molar-refractivity contribution < 1.29 is 14.4 Å². The molecule has 4 fully saturated rings. The van der Waals surface area contributed by atoms with Gasteiger partial charge in [0.15, 0.2) is 0 Å². The van der Waals surface area contributed by atoms with Gasteiger partial charge in [0.25, 0.3) is 5.91 Å². The summed E-state index contributed by atoms with van der Waals surface area (Å²) in [5.41, 5.74) is 7.77. The van der Waals surface area contributed by atoms with Gasteiger partial charge in [-0.2, -0.15) is 0 Å². The average molecular weight is 396 g/mol. The first-order valence-corrected chi connectivity index (χ1v) is 10.9. The molecule has 4 bridgehead atoms. The van der Waals surface area contributed by atoms with Crippen LogP contribution in [0.15, 0.2) is 18.2 Å². The number of rotatable bonds is 3. The number of nitrogens with zero attached hydrogens (tertiary/aromatic N) is 1. The van der Waals surface area contributed by atoms with E-state index in [2.05, 4.69) is 10.9 Å². The zero-order chi connectivity index (χ0) is 20.2. The molecule has 1 aliphatic heterocycles. The fraction of sp³-hybridized carbons (Fsp3) is 0.609. The van der Waals surface area contributed by atoms with E-state index in [0.717, 1.165) is 35.4 Å². The highest BCUT2D eigenvalue weighted by molar-refractivity contribution is 5.98. The van der Waals surface area contributed by atoms with Crippen molar-refractivity contribution in [3.05, 3.63) is 29.3 Å². The molecule has 1 aromatic rings. The Bertz CT molecular complexity index is 843. The van der Waals surface area contributed by atoms with E-state index in [4.69, 9.17) is 0 Å². The second kappa shape index (κ2) is 6.85. The standard InChI is InChI=1S/C23H29N3O3/c1-14(27)26-5-4-18-9-19(2-3-20(18)26)22(29)25-24-21(28)13-23-10-15-6-16(11-23)8-17(7-15)12-23/h2-3,9,15-17H,4-8,10-13H2,1H3,(H,24,28)(H,25,29). The van der Waals surface area contributed by atoms with Crippen LogP contribution in [0, 0.1) is 23.2 Å². The number of benzene rings is 1. The molecule has 1 heterocycles. The minimum absolute atomic E-state index is 0.0119. The van der Waals surface area contributed by atoms with Gasteiger partial charge in [-0.1, -0.05) is 0 Å². The van der Waals surface area contributed by atoms with Crippen LogP contribution in [-0.4, -0.2) is 24.3 Å². The molecule has 0 aromatic heterocycles. The minimum atomic E-state index is -0.312. The number of carbonyl (C=O) groups excluding carboxylic acids is 3. The molecule has 6 rings (SSSR count). The number of fused-ring (bicyclic) bond motifs is 1. The van der Waals surface area contributed by atoms with Crippen molar-refractivity contribution in [2.24, 2.45) is 23.2 Å². The molecule has 4 saturated carbocycles. The highest BCUT2D eigenvalue weighted by Gasteiger charge is 2.51. The van der Waals surface area contributed by atoms with Crippen LogP contribution >= 0.6 is 0 Å². The van der Waals surface area contributed by atoms with Crippen molar-refractivity contribution in [3.63, 3.8) is 0 Å². The number of hydrazine groups is 1. The van der Waals surface area contributed by atoms with Crippen LogP contribution in [0.2, 0.25) is 0 Å². The molecular weight excluding hydrogens is 366 g/mol. The summed E-state index contributed by atoms with van der Waals surface area (Å²) in [5.74, 6) is 2.05. The van der Waals surface area contributed by atoms with Gasteiger partial charge in [0.2, 0.25) is 11.8 Å². The summed E-state index contributed by atoms with van der Waals surface area (Å²) in [5, 5.41) is 0. The monoisotopic (exact) mass is 395 g/mol. The molecule has 1 aromatic carbocycles. The maximum absolute atomic E-state index is 12.6. The highest BCUT2D eigenvalue weighted by atomic mass is 16.2. The maximum atomic E-state index is 12.6. The van der Waals surface area contributed by atoms with Crippen LogP contribution in [0.3, 0.4) is 0 Å². The van der Waals surface area contributed by atoms with E-state index in [-0.39, 0.29) is 23.1 Å². The highest BCUT2D eigenvalue weighted by Crippen LogP contribution is 2.61. The Labute approximate surface area is 171 Å². The van der Waals surface area contributed by atoms with Gasteiger partial charge in [-0.05, 0) is 91.9 Å². The van der Waals surface area contributed by atoms with Crippen molar-refractivity contribution in [1.82, 2.24) is 10.9 Å². The summed E-state index contributed by atoms with van der Waals surface area (Å²) in [4.78, 5) is 38.5.